The summed E-state index contributed by atoms with van der Waals surface area (Å²) in [5.74, 6) is -0.463. The summed E-state index contributed by atoms with van der Waals surface area (Å²) in [6.07, 6.45) is 60.9. The number of carbonyl (C=O) groups excluding carboxylic acids is 1. The molecule has 12 nitrogen and oxygen atoms in total. The molecule has 0 spiro atoms. The lowest BCUT2D eigenvalue weighted by molar-refractivity contribution is -0.377. The Kier molecular flexibility index (Phi) is 57.2. The van der Waals surface area contributed by atoms with E-state index in [9.17, 15) is 35.7 Å². The van der Waals surface area contributed by atoms with Gasteiger partial charge in [0.05, 0.1) is 18.6 Å². The van der Waals surface area contributed by atoms with E-state index in [1.54, 1.807) is 0 Å². The molecule has 0 radical (unpaired) electrons. The van der Waals surface area contributed by atoms with Crippen molar-refractivity contribution in [1.29, 1.82) is 0 Å². The van der Waals surface area contributed by atoms with Crippen LogP contribution in [0.1, 0.15) is 412 Å². The van der Waals surface area contributed by atoms with Crippen molar-refractivity contribution in [2.45, 2.75) is 474 Å². The van der Waals surface area contributed by atoms with Gasteiger partial charge in [-0.15, -0.1) is 0 Å². The van der Waals surface area contributed by atoms with Crippen LogP contribution in [0.25, 0.3) is 0 Å². The fourth-order valence-electron chi connectivity index (χ4n) is 14.3. The van der Waals surface area contributed by atoms with Crippen molar-refractivity contribution in [3.63, 3.8) is 0 Å². The minimum absolute atomic E-state index is 0.463. The first-order chi connectivity index (χ1) is 44.1. The molecule has 536 valence electrons. The third-order valence-electron chi connectivity index (χ3n) is 20.6. The molecule has 2 rings (SSSR count). The number of unbranched alkanes of at least 4 members (excludes halogenated alkanes) is 55. The monoisotopic (exact) mass is 1280 g/mol. The van der Waals surface area contributed by atoms with E-state index < -0.39 is 86.0 Å². The van der Waals surface area contributed by atoms with Gasteiger partial charge < -0.3 is 54.7 Å². The predicted molar refractivity (Wildman–Crippen MR) is 374 cm³/mol. The smallest absolute Gasteiger partial charge is 0.312 e. The van der Waals surface area contributed by atoms with E-state index in [1.807, 2.05) is 0 Å². The van der Waals surface area contributed by atoms with Gasteiger partial charge in [0, 0.05) is 0 Å². The lowest BCUT2D eigenvalue weighted by Gasteiger charge is -2.46. The van der Waals surface area contributed by atoms with Crippen LogP contribution in [0.4, 0.5) is 0 Å². The summed E-state index contributed by atoms with van der Waals surface area (Å²) in [5.41, 5.74) is -0.857. The summed E-state index contributed by atoms with van der Waals surface area (Å²) in [6, 6.07) is 0. The minimum atomic E-state index is -1.79. The van der Waals surface area contributed by atoms with E-state index in [2.05, 4.69) is 20.8 Å². The fourth-order valence-corrected chi connectivity index (χ4v) is 14.3. The molecule has 12 heteroatoms. The highest BCUT2D eigenvalue weighted by Crippen LogP contribution is 2.41. The summed E-state index contributed by atoms with van der Waals surface area (Å²) < 4.78 is 24.1. The van der Waals surface area contributed by atoms with Gasteiger partial charge in [-0.3, -0.25) is 4.79 Å². The molecule has 0 amide bonds. The molecule has 2 fully saturated rings. The van der Waals surface area contributed by atoms with Gasteiger partial charge in [0.25, 0.3) is 0 Å². The highest BCUT2D eigenvalue weighted by Gasteiger charge is 2.53. The second kappa shape index (κ2) is 60.5. The van der Waals surface area contributed by atoms with Crippen LogP contribution in [0.15, 0.2) is 0 Å². The second-order valence-corrected chi connectivity index (χ2v) is 28.9. The maximum atomic E-state index is 15.3. The van der Waals surface area contributed by atoms with E-state index in [1.165, 1.54) is 315 Å². The van der Waals surface area contributed by atoms with Crippen LogP contribution in [0.2, 0.25) is 0 Å². The van der Waals surface area contributed by atoms with E-state index in [0.29, 0.717) is 19.3 Å². The lowest BCUT2D eigenvalue weighted by Crippen LogP contribution is -2.64. The Morgan fingerprint density at radius 2 is 0.500 bits per heavy atom. The standard InChI is InChI=1S/C78H152O12/c1-4-7-10-13-16-19-22-25-28-31-34-36-39-42-45-48-51-54-57-60-63-78(62-59-56-53-50-47-44-41-38-33-30-27-24-21-18-15-12-9-6-3,64-61-58-55-52-49-46-43-40-37-35-32-29-26-23-20-17-14-11-8-5-2)77(86)89-74-72(84)70(82)68(66-80)88-76(74)90-75-73(85)71(83)69(81)67(65-79)87-75/h67-76,79-85H,4-66H2,1-3H3/t67-,68-,69-,70-,71+,72+,73-,74-,75-,76-/m1/s1. The van der Waals surface area contributed by atoms with Gasteiger partial charge in [0.2, 0.25) is 6.29 Å². The van der Waals surface area contributed by atoms with Crippen molar-refractivity contribution in [2.24, 2.45) is 5.41 Å². The maximum absolute atomic E-state index is 15.3. The van der Waals surface area contributed by atoms with Crippen LogP contribution in [0.5, 0.6) is 0 Å². The molecule has 2 saturated heterocycles. The molecule has 2 heterocycles. The third-order valence-corrected chi connectivity index (χ3v) is 20.6. The fraction of sp³-hybridized carbons (Fsp3) is 0.987. The molecule has 2 aliphatic heterocycles. The zero-order valence-electron chi connectivity index (χ0n) is 59.5. The summed E-state index contributed by atoms with van der Waals surface area (Å²) in [5, 5.41) is 75.3. The van der Waals surface area contributed by atoms with Crippen molar-refractivity contribution in [1.82, 2.24) is 0 Å². The molecular formula is C78H152O12. The number of hydrogen-bond acceptors (Lipinski definition) is 12. The van der Waals surface area contributed by atoms with E-state index >= 15 is 4.79 Å². The van der Waals surface area contributed by atoms with Crippen LogP contribution >= 0.6 is 0 Å². The molecule has 0 aromatic rings. The zero-order valence-corrected chi connectivity index (χ0v) is 59.5. The first kappa shape index (κ1) is 85.2. The van der Waals surface area contributed by atoms with Gasteiger partial charge in [-0.1, -0.05) is 393 Å². The molecular weight excluding hydrogens is 1130 g/mol. The Hall–Kier alpha value is -0.930. The van der Waals surface area contributed by atoms with Crippen LogP contribution < -0.4 is 0 Å². The quantitative estimate of drug-likeness (QED) is 0.0225. The Labute approximate surface area is 555 Å². The Morgan fingerprint density at radius 3 is 0.733 bits per heavy atom. The van der Waals surface area contributed by atoms with Gasteiger partial charge in [-0.25, -0.2) is 0 Å². The summed E-state index contributed by atoms with van der Waals surface area (Å²) in [4.78, 5) is 15.3. The van der Waals surface area contributed by atoms with E-state index in [4.69, 9.17) is 18.9 Å². The first-order valence-corrected chi connectivity index (χ1v) is 39.9. The molecule has 0 aromatic heterocycles. The number of carbonyl (C=O) groups is 1. The highest BCUT2D eigenvalue weighted by atomic mass is 16.8. The van der Waals surface area contributed by atoms with Gasteiger partial charge >= 0.3 is 5.97 Å². The van der Waals surface area contributed by atoms with E-state index in [-0.39, 0.29) is 0 Å². The van der Waals surface area contributed by atoms with Gasteiger partial charge in [0.15, 0.2) is 12.4 Å². The highest BCUT2D eigenvalue weighted by molar-refractivity contribution is 5.77. The summed E-state index contributed by atoms with van der Waals surface area (Å²) >= 11 is 0. The van der Waals surface area contributed by atoms with Crippen LogP contribution in [-0.2, 0) is 23.7 Å². The lowest BCUT2D eigenvalue weighted by atomic mass is 9.73. The average Bonchev–Trinajstić information content (AvgIpc) is 2.00. The summed E-state index contributed by atoms with van der Waals surface area (Å²) in [6.45, 7) is 5.48. The maximum Gasteiger partial charge on any atom is 0.312 e. The van der Waals surface area contributed by atoms with Crippen molar-refractivity contribution in [3.8, 4) is 0 Å². The van der Waals surface area contributed by atoms with E-state index in [0.717, 1.165) is 57.8 Å². The molecule has 0 aromatic carbocycles. The minimum Gasteiger partial charge on any atom is -0.454 e. The molecule has 90 heavy (non-hydrogen) atoms. The number of rotatable bonds is 67. The second-order valence-electron chi connectivity index (χ2n) is 28.9. The van der Waals surface area contributed by atoms with Crippen molar-refractivity contribution in [2.75, 3.05) is 13.2 Å². The number of hydrogen-bond donors (Lipinski definition) is 7. The van der Waals surface area contributed by atoms with Crippen LogP contribution in [0, 0.1) is 5.41 Å². The molecule has 0 unspecified atom stereocenters. The summed E-state index contributed by atoms with van der Waals surface area (Å²) in [7, 11) is 0. The Bertz CT molecular complexity index is 1470. The molecule has 0 bridgehead atoms. The van der Waals surface area contributed by atoms with Gasteiger partial charge in [-0.2, -0.15) is 0 Å². The van der Waals surface area contributed by atoms with Crippen LogP contribution in [0.3, 0.4) is 0 Å². The topological polar surface area (TPSA) is 196 Å². The SMILES string of the molecule is CCCCCCCCCCCCCCCCCCCCCCC(CCCCCCCCCCCCCCCCCCCC)(CCCCCCCCCCCCCCCCCCCCCC)C(=O)O[C@H]1[C@@H](O[C@H]2O[C@H](CO)[C@@H](O)[C@H](O)[C@H]2O)O[C@H](CO)[C@@H](O)[C@@H]1O. The Morgan fingerprint density at radius 1 is 0.289 bits per heavy atom. The van der Waals surface area contributed by atoms with Crippen molar-refractivity contribution >= 4 is 5.97 Å². The Balaban J connectivity index is 2.08. The molecule has 7 N–H and O–H groups in total. The molecule has 10 atom stereocenters. The molecule has 2 aliphatic rings. The number of esters is 1. The van der Waals surface area contributed by atoms with Crippen molar-refractivity contribution in [3.05, 3.63) is 0 Å². The third kappa shape index (κ3) is 41.9. The van der Waals surface area contributed by atoms with Gasteiger partial charge in [0.1, 0.15) is 42.7 Å². The zero-order chi connectivity index (χ0) is 65.2. The predicted octanol–water partition coefficient (Wildman–Crippen LogP) is 20.0. The average molecular weight is 1280 g/mol. The first-order valence-electron chi connectivity index (χ1n) is 39.9. The van der Waals surface area contributed by atoms with Crippen LogP contribution in [-0.4, -0.2) is 116 Å². The number of aliphatic hydroxyl groups is 7. The number of ether oxygens (including phenoxy) is 4. The molecule has 0 saturated carbocycles. The van der Waals surface area contributed by atoms with Crippen molar-refractivity contribution < 1.29 is 59.5 Å². The molecule has 0 aliphatic carbocycles. The normalized spacial score (nSPS) is 22.2. The largest absolute Gasteiger partial charge is 0.454 e. The van der Waals surface area contributed by atoms with Gasteiger partial charge in [-0.05, 0) is 19.3 Å². The number of aliphatic hydroxyl groups excluding tert-OH is 7.